The maximum absolute atomic E-state index is 10.9. The molecule has 0 atom stereocenters. The van der Waals surface area contributed by atoms with Crippen molar-refractivity contribution in [3.8, 4) is 0 Å². The van der Waals surface area contributed by atoms with Gasteiger partial charge in [0.25, 0.3) is 0 Å². The second-order valence-corrected chi connectivity index (χ2v) is 3.90. The van der Waals surface area contributed by atoms with Crippen LogP contribution in [0.25, 0.3) is 11.0 Å². The minimum Gasteiger partial charge on any atom is -0.478 e. The van der Waals surface area contributed by atoms with Gasteiger partial charge in [0.05, 0.1) is 33.1 Å². The fourth-order valence-corrected chi connectivity index (χ4v) is 2.19. The highest BCUT2D eigenvalue weighted by atomic mass is 79.9. The zero-order valence-corrected chi connectivity index (χ0v) is 9.79. The number of aromatic carboxylic acids is 1. The molecule has 15 heavy (non-hydrogen) atoms. The Morgan fingerprint density at radius 1 is 1.60 bits per heavy atom. The van der Waals surface area contributed by atoms with Crippen molar-refractivity contribution in [1.82, 2.24) is 8.58 Å². The molecule has 1 heterocycles. The Morgan fingerprint density at radius 2 is 2.33 bits per heavy atom. The SMILES string of the molecule is O=C(O)c1cccc2c1nc(CCl)n2Br. The van der Waals surface area contributed by atoms with Crippen LogP contribution in [-0.2, 0) is 5.88 Å². The number of carbonyl (C=O) groups is 1. The van der Waals surface area contributed by atoms with E-state index in [0.717, 1.165) is 0 Å². The predicted molar refractivity (Wildman–Crippen MR) is 60.6 cm³/mol. The molecule has 1 N–H and O–H groups in total. The van der Waals surface area contributed by atoms with Gasteiger partial charge in [-0.25, -0.2) is 9.78 Å². The van der Waals surface area contributed by atoms with Gasteiger partial charge in [0, 0.05) is 0 Å². The number of nitrogens with zero attached hydrogens (tertiary/aromatic N) is 2. The maximum atomic E-state index is 10.9. The molecule has 0 aliphatic heterocycles. The topological polar surface area (TPSA) is 55.1 Å². The monoisotopic (exact) mass is 288 g/mol. The zero-order chi connectivity index (χ0) is 11.0. The summed E-state index contributed by atoms with van der Waals surface area (Å²) in [5.41, 5.74) is 1.32. The number of rotatable bonds is 2. The number of aromatic nitrogens is 2. The number of imidazole rings is 1. The van der Waals surface area contributed by atoms with E-state index in [1.54, 1.807) is 15.7 Å². The van der Waals surface area contributed by atoms with Crippen LogP contribution in [0.2, 0.25) is 0 Å². The van der Waals surface area contributed by atoms with Gasteiger partial charge < -0.3 is 5.11 Å². The molecule has 78 valence electrons. The summed E-state index contributed by atoms with van der Waals surface area (Å²) in [6, 6.07) is 4.96. The summed E-state index contributed by atoms with van der Waals surface area (Å²) in [6.45, 7) is 0. The first kappa shape index (κ1) is 10.4. The highest BCUT2D eigenvalue weighted by molar-refractivity contribution is 9.08. The van der Waals surface area contributed by atoms with Crippen molar-refractivity contribution in [2.24, 2.45) is 0 Å². The van der Waals surface area contributed by atoms with Gasteiger partial charge in [0.1, 0.15) is 11.3 Å². The molecular formula is C9H6BrClN2O2. The number of carboxylic acids is 1. The molecule has 0 bridgehead atoms. The third kappa shape index (κ3) is 1.61. The summed E-state index contributed by atoms with van der Waals surface area (Å²) in [4.78, 5) is 15.1. The number of fused-ring (bicyclic) bond motifs is 1. The summed E-state index contributed by atoms with van der Waals surface area (Å²) >= 11 is 8.95. The second-order valence-electron chi connectivity index (χ2n) is 2.92. The summed E-state index contributed by atoms with van der Waals surface area (Å²) < 4.78 is 1.61. The summed E-state index contributed by atoms with van der Waals surface area (Å²) in [5, 5.41) is 8.96. The lowest BCUT2D eigenvalue weighted by Gasteiger charge is -1.96. The number of carboxylic acid groups (broad SMARTS) is 1. The van der Waals surface area contributed by atoms with Crippen molar-refractivity contribution < 1.29 is 9.90 Å². The molecule has 0 spiro atoms. The van der Waals surface area contributed by atoms with E-state index in [2.05, 4.69) is 21.1 Å². The van der Waals surface area contributed by atoms with Crippen LogP contribution in [0.5, 0.6) is 0 Å². The first-order chi connectivity index (χ1) is 7.15. The average Bonchev–Trinajstić information content (AvgIpc) is 2.55. The second kappa shape index (κ2) is 3.83. The van der Waals surface area contributed by atoms with E-state index in [4.69, 9.17) is 16.7 Å². The molecule has 1 aromatic heterocycles. The molecule has 2 aromatic rings. The van der Waals surface area contributed by atoms with Gasteiger partial charge in [0.15, 0.2) is 0 Å². The summed E-state index contributed by atoms with van der Waals surface area (Å²) in [7, 11) is 0. The van der Waals surface area contributed by atoms with Crippen LogP contribution in [0.1, 0.15) is 16.2 Å². The lowest BCUT2D eigenvalue weighted by Crippen LogP contribution is -1.96. The highest BCUT2D eigenvalue weighted by Gasteiger charge is 2.14. The molecule has 4 nitrogen and oxygen atoms in total. The van der Waals surface area contributed by atoms with Gasteiger partial charge in [0.2, 0.25) is 0 Å². The van der Waals surface area contributed by atoms with Gasteiger partial charge in [-0.1, -0.05) is 6.07 Å². The minimum absolute atomic E-state index is 0.178. The molecule has 0 fully saturated rings. The van der Waals surface area contributed by atoms with Crippen molar-refractivity contribution in [3.63, 3.8) is 0 Å². The van der Waals surface area contributed by atoms with Crippen LogP contribution in [0.4, 0.5) is 0 Å². The van der Waals surface area contributed by atoms with Crippen molar-refractivity contribution in [1.29, 1.82) is 0 Å². The van der Waals surface area contributed by atoms with Crippen LogP contribution in [0, 0.1) is 0 Å². The molecule has 0 unspecified atom stereocenters. The average molecular weight is 290 g/mol. The van der Waals surface area contributed by atoms with Crippen LogP contribution in [0.3, 0.4) is 0 Å². The third-order valence-corrected chi connectivity index (χ3v) is 3.07. The van der Waals surface area contributed by atoms with Gasteiger partial charge in [-0.05, 0) is 12.1 Å². The Balaban J connectivity index is 2.81. The maximum Gasteiger partial charge on any atom is 0.337 e. The van der Waals surface area contributed by atoms with Crippen molar-refractivity contribution in [3.05, 3.63) is 29.6 Å². The van der Waals surface area contributed by atoms with Crippen molar-refractivity contribution in [2.45, 2.75) is 5.88 Å². The van der Waals surface area contributed by atoms with Gasteiger partial charge >= 0.3 is 5.97 Å². The fourth-order valence-electron chi connectivity index (χ4n) is 1.37. The molecule has 6 heteroatoms. The fraction of sp³-hybridized carbons (Fsp3) is 0.111. The first-order valence-electron chi connectivity index (χ1n) is 4.11. The Labute approximate surface area is 98.8 Å². The quantitative estimate of drug-likeness (QED) is 0.865. The zero-order valence-electron chi connectivity index (χ0n) is 7.44. The Bertz CT molecular complexity index is 538. The van der Waals surface area contributed by atoms with Crippen LogP contribution >= 0.6 is 27.7 Å². The van der Waals surface area contributed by atoms with E-state index in [1.807, 2.05) is 0 Å². The molecule has 0 saturated heterocycles. The molecule has 0 amide bonds. The number of hydrogen-bond acceptors (Lipinski definition) is 2. The standard InChI is InChI=1S/C9H6BrClN2O2/c10-13-6-3-1-2-5(9(14)15)8(6)12-7(13)4-11/h1-3H,4H2,(H,14,15). The van der Waals surface area contributed by atoms with E-state index >= 15 is 0 Å². The van der Waals surface area contributed by atoms with Crippen LogP contribution < -0.4 is 0 Å². The smallest absolute Gasteiger partial charge is 0.337 e. The summed E-state index contributed by atoms with van der Waals surface area (Å²) in [6.07, 6.45) is 0. The van der Waals surface area contributed by atoms with E-state index in [0.29, 0.717) is 16.9 Å². The molecule has 1 aromatic carbocycles. The van der Waals surface area contributed by atoms with Crippen LogP contribution in [0.15, 0.2) is 18.2 Å². The van der Waals surface area contributed by atoms with Crippen LogP contribution in [-0.4, -0.2) is 19.7 Å². The highest BCUT2D eigenvalue weighted by Crippen LogP contribution is 2.22. The van der Waals surface area contributed by atoms with Gasteiger partial charge in [-0.2, -0.15) is 0 Å². The van der Waals surface area contributed by atoms with Gasteiger partial charge in [-0.15, -0.1) is 11.6 Å². The number of alkyl halides is 1. The van der Waals surface area contributed by atoms with Crippen molar-refractivity contribution in [2.75, 3.05) is 0 Å². The normalized spacial score (nSPS) is 10.8. The third-order valence-electron chi connectivity index (χ3n) is 2.04. The lowest BCUT2D eigenvalue weighted by atomic mass is 10.2. The van der Waals surface area contributed by atoms with E-state index in [1.165, 1.54) is 6.07 Å². The molecule has 0 radical (unpaired) electrons. The van der Waals surface area contributed by atoms with E-state index in [-0.39, 0.29) is 11.4 Å². The van der Waals surface area contributed by atoms with Gasteiger partial charge in [-0.3, -0.25) is 3.59 Å². The lowest BCUT2D eigenvalue weighted by molar-refractivity contribution is 0.0699. The summed E-state index contributed by atoms with van der Waals surface area (Å²) in [5.74, 6) is -0.188. The molecule has 0 aliphatic carbocycles. The minimum atomic E-state index is -0.993. The number of halogens is 2. The number of hydrogen-bond donors (Lipinski definition) is 1. The Morgan fingerprint density at radius 3 is 2.93 bits per heavy atom. The number of benzene rings is 1. The van der Waals surface area contributed by atoms with E-state index in [9.17, 15) is 4.79 Å². The molecular weight excluding hydrogens is 283 g/mol. The number of para-hydroxylation sites is 1. The van der Waals surface area contributed by atoms with Crippen molar-refractivity contribution >= 4 is 44.8 Å². The predicted octanol–water partition coefficient (Wildman–Crippen LogP) is 2.63. The van der Waals surface area contributed by atoms with E-state index < -0.39 is 5.97 Å². The Hall–Kier alpha value is -1.07. The first-order valence-corrected chi connectivity index (χ1v) is 5.35. The largest absolute Gasteiger partial charge is 0.478 e. The molecule has 0 saturated carbocycles. The Kier molecular flexibility index (Phi) is 2.67. The molecule has 2 rings (SSSR count). The molecule has 0 aliphatic rings.